The van der Waals surface area contributed by atoms with Gasteiger partial charge >= 0.3 is 5.69 Å². The van der Waals surface area contributed by atoms with Crippen molar-refractivity contribution in [1.82, 2.24) is 19.0 Å². The lowest BCUT2D eigenvalue weighted by molar-refractivity contribution is 0.0945. The fraction of sp³-hybridized carbons (Fsp3) is 0.208. The maximum atomic E-state index is 13.1. The van der Waals surface area contributed by atoms with E-state index in [0.29, 0.717) is 36.2 Å². The van der Waals surface area contributed by atoms with Crippen LogP contribution in [0.15, 0.2) is 76.3 Å². The van der Waals surface area contributed by atoms with Crippen molar-refractivity contribution in [3.8, 4) is 0 Å². The van der Waals surface area contributed by atoms with Crippen molar-refractivity contribution >= 4 is 16.9 Å². The first kappa shape index (κ1) is 20.4. The van der Waals surface area contributed by atoms with Crippen LogP contribution in [0.5, 0.6) is 0 Å². The van der Waals surface area contributed by atoms with E-state index in [1.54, 1.807) is 17.7 Å². The monoisotopic (exact) mass is 416 g/mol. The maximum Gasteiger partial charge on any atom is 0.332 e. The lowest BCUT2D eigenvalue weighted by Gasteiger charge is -2.13. The first-order valence-electron chi connectivity index (χ1n) is 10.1. The van der Waals surface area contributed by atoms with Crippen LogP contribution in [-0.4, -0.2) is 26.2 Å². The molecule has 0 fully saturated rings. The molecular weight excluding hydrogens is 392 g/mol. The van der Waals surface area contributed by atoms with E-state index in [4.69, 9.17) is 0 Å². The largest absolute Gasteiger partial charge is 0.350 e. The minimum atomic E-state index is -0.430. The van der Waals surface area contributed by atoms with Crippen molar-refractivity contribution < 1.29 is 4.79 Å². The van der Waals surface area contributed by atoms with Crippen LogP contribution in [0.25, 0.3) is 11.0 Å². The molecule has 0 aliphatic heterocycles. The maximum absolute atomic E-state index is 13.1. The van der Waals surface area contributed by atoms with E-state index < -0.39 is 11.2 Å². The molecule has 0 aliphatic carbocycles. The number of hydrogen-bond donors (Lipinski definition) is 1. The van der Waals surface area contributed by atoms with Crippen LogP contribution in [0.2, 0.25) is 0 Å². The molecule has 0 bridgehead atoms. The van der Waals surface area contributed by atoms with E-state index in [2.05, 4.69) is 5.32 Å². The van der Waals surface area contributed by atoms with E-state index in [0.717, 1.165) is 15.7 Å². The molecule has 0 atom stereocenters. The number of aromatic nitrogens is 3. The van der Waals surface area contributed by atoms with E-state index in [1.807, 2.05) is 60.7 Å². The molecule has 2 heterocycles. The number of rotatable bonds is 6. The van der Waals surface area contributed by atoms with Gasteiger partial charge in [-0.3, -0.25) is 18.7 Å². The second-order valence-corrected chi connectivity index (χ2v) is 7.54. The third kappa shape index (κ3) is 3.94. The van der Waals surface area contributed by atoms with Crippen molar-refractivity contribution in [2.75, 3.05) is 6.54 Å². The summed E-state index contributed by atoms with van der Waals surface area (Å²) in [5.74, 6) is -0.280. The Morgan fingerprint density at radius 3 is 2.13 bits per heavy atom. The predicted octanol–water partition coefficient (Wildman–Crippen LogP) is 2.06. The molecule has 4 aromatic rings. The van der Waals surface area contributed by atoms with Gasteiger partial charge < -0.3 is 9.88 Å². The van der Waals surface area contributed by atoms with Gasteiger partial charge in [0.2, 0.25) is 0 Å². The second-order valence-electron chi connectivity index (χ2n) is 7.54. The summed E-state index contributed by atoms with van der Waals surface area (Å²) in [6.45, 7) is 0.832. The molecule has 0 saturated heterocycles. The third-order valence-electron chi connectivity index (χ3n) is 5.45. The Bertz CT molecular complexity index is 1350. The highest BCUT2D eigenvalue weighted by Crippen LogP contribution is 2.18. The third-order valence-corrected chi connectivity index (χ3v) is 5.45. The minimum absolute atomic E-state index is 0.280. The first-order valence-corrected chi connectivity index (χ1v) is 10.1. The Labute approximate surface area is 179 Å². The Morgan fingerprint density at radius 1 is 0.871 bits per heavy atom. The smallest absolute Gasteiger partial charge is 0.332 e. The molecule has 2 aromatic carbocycles. The molecule has 1 amide bonds. The molecule has 1 N–H and O–H groups in total. The van der Waals surface area contributed by atoms with Gasteiger partial charge in [0.25, 0.3) is 11.5 Å². The Hall–Kier alpha value is -3.87. The van der Waals surface area contributed by atoms with Gasteiger partial charge in [-0.1, -0.05) is 60.7 Å². The molecule has 31 heavy (non-hydrogen) atoms. The van der Waals surface area contributed by atoms with Gasteiger partial charge in [0.15, 0.2) is 0 Å². The van der Waals surface area contributed by atoms with Crippen molar-refractivity contribution in [2.45, 2.75) is 13.0 Å². The number of nitrogens with one attached hydrogen (secondary N) is 1. The van der Waals surface area contributed by atoms with Gasteiger partial charge in [0.1, 0.15) is 11.3 Å². The molecular formula is C24H24N4O3. The van der Waals surface area contributed by atoms with Crippen LogP contribution in [0.4, 0.5) is 0 Å². The van der Waals surface area contributed by atoms with Gasteiger partial charge in [-0.15, -0.1) is 0 Å². The summed E-state index contributed by atoms with van der Waals surface area (Å²) in [5, 5.41) is 3.29. The molecule has 2 aromatic heterocycles. The molecule has 7 heteroatoms. The predicted molar refractivity (Wildman–Crippen MR) is 120 cm³/mol. The van der Waals surface area contributed by atoms with Crippen LogP contribution in [0.1, 0.15) is 21.6 Å². The quantitative estimate of drug-likeness (QED) is 0.523. The van der Waals surface area contributed by atoms with Crippen LogP contribution in [-0.2, 0) is 27.1 Å². The topological polar surface area (TPSA) is 78.0 Å². The fourth-order valence-electron chi connectivity index (χ4n) is 3.81. The summed E-state index contributed by atoms with van der Waals surface area (Å²) in [6, 6.07) is 21.1. The van der Waals surface area contributed by atoms with Crippen LogP contribution < -0.4 is 16.6 Å². The zero-order chi connectivity index (χ0) is 22.0. The number of fused-ring (bicyclic) bond motifs is 1. The number of carbonyl (C=O) groups is 1. The summed E-state index contributed by atoms with van der Waals surface area (Å²) in [4.78, 5) is 38.4. The normalized spacial score (nSPS) is 11.0. The standard InChI is InChI=1S/C24H24N4O3/c1-26-22-19(23(30)27(2)24(26)31)15-20(28(22)16-18-11-7-4-8-12-18)21(29)25-14-13-17-9-5-3-6-10-17/h3-12,15H,13-14,16H2,1-2H3,(H,25,29). The van der Waals surface area contributed by atoms with Gasteiger partial charge in [-0.25, -0.2) is 4.79 Å². The zero-order valence-corrected chi connectivity index (χ0v) is 17.5. The van der Waals surface area contributed by atoms with Gasteiger partial charge in [-0.2, -0.15) is 0 Å². The molecule has 7 nitrogen and oxygen atoms in total. The van der Waals surface area contributed by atoms with Crippen LogP contribution in [0, 0.1) is 0 Å². The lowest BCUT2D eigenvalue weighted by atomic mass is 10.1. The number of carbonyl (C=O) groups excluding carboxylic acids is 1. The van der Waals surface area contributed by atoms with Gasteiger partial charge in [-0.05, 0) is 23.6 Å². The fourth-order valence-corrected chi connectivity index (χ4v) is 3.81. The number of nitrogens with zero attached hydrogens (tertiary/aromatic N) is 3. The van der Waals surface area contributed by atoms with Crippen molar-refractivity contribution in [2.24, 2.45) is 14.1 Å². The molecule has 0 radical (unpaired) electrons. The Kier molecular flexibility index (Phi) is 5.58. The van der Waals surface area contributed by atoms with E-state index >= 15 is 0 Å². The molecule has 0 aliphatic rings. The summed E-state index contributed by atoms with van der Waals surface area (Å²) < 4.78 is 4.22. The minimum Gasteiger partial charge on any atom is -0.350 e. The zero-order valence-electron chi connectivity index (χ0n) is 17.5. The average Bonchev–Trinajstić information content (AvgIpc) is 3.17. The number of hydrogen-bond acceptors (Lipinski definition) is 3. The number of aryl methyl sites for hydroxylation is 1. The van der Waals surface area contributed by atoms with Crippen molar-refractivity contribution in [1.29, 1.82) is 0 Å². The molecule has 0 unspecified atom stereocenters. The van der Waals surface area contributed by atoms with Crippen LogP contribution >= 0.6 is 0 Å². The molecule has 0 saturated carbocycles. The SMILES string of the molecule is Cn1c(=O)c2cc(C(=O)NCCc3ccccc3)n(Cc3ccccc3)c2n(C)c1=O. The molecule has 4 rings (SSSR count). The van der Waals surface area contributed by atoms with E-state index in [9.17, 15) is 14.4 Å². The molecule has 158 valence electrons. The second kappa shape index (κ2) is 8.47. The van der Waals surface area contributed by atoms with E-state index in [-0.39, 0.29) is 5.91 Å². The summed E-state index contributed by atoms with van der Waals surface area (Å²) in [7, 11) is 3.06. The van der Waals surface area contributed by atoms with Gasteiger partial charge in [0, 0.05) is 27.2 Å². The highest BCUT2D eigenvalue weighted by molar-refractivity contribution is 5.98. The van der Waals surface area contributed by atoms with Crippen LogP contribution in [0.3, 0.4) is 0 Å². The lowest BCUT2D eigenvalue weighted by Crippen LogP contribution is -2.37. The molecule has 0 spiro atoms. The van der Waals surface area contributed by atoms with Gasteiger partial charge in [0.05, 0.1) is 5.39 Å². The van der Waals surface area contributed by atoms with Crippen molar-refractivity contribution in [3.05, 3.63) is 104 Å². The summed E-state index contributed by atoms with van der Waals surface area (Å²) >= 11 is 0. The summed E-state index contributed by atoms with van der Waals surface area (Å²) in [6.07, 6.45) is 0.700. The number of amides is 1. The highest BCUT2D eigenvalue weighted by Gasteiger charge is 2.21. The van der Waals surface area contributed by atoms with Crippen molar-refractivity contribution in [3.63, 3.8) is 0 Å². The number of benzene rings is 2. The highest BCUT2D eigenvalue weighted by atomic mass is 16.2. The van der Waals surface area contributed by atoms with E-state index in [1.165, 1.54) is 11.6 Å². The Morgan fingerprint density at radius 2 is 1.48 bits per heavy atom. The summed E-state index contributed by atoms with van der Waals surface area (Å²) in [5.41, 5.74) is 2.04. The Balaban J connectivity index is 1.74. The average molecular weight is 416 g/mol. The first-order chi connectivity index (χ1) is 15.0.